The predicted molar refractivity (Wildman–Crippen MR) is 120 cm³/mol. The first-order valence-electron chi connectivity index (χ1n) is 10.6. The van der Waals surface area contributed by atoms with E-state index < -0.39 is 12.1 Å². The Labute approximate surface area is 187 Å². The molecule has 1 amide bonds. The zero-order valence-corrected chi connectivity index (χ0v) is 18.1. The maximum Gasteiger partial charge on any atom is 0.333 e. The van der Waals surface area contributed by atoms with E-state index in [-0.39, 0.29) is 43.3 Å². The number of aliphatic hydroxyl groups excluding tert-OH is 2. The number of rotatable bonds is 10. The number of nitrogens with zero attached hydrogens (tertiary/aromatic N) is 1. The number of esters is 1. The van der Waals surface area contributed by atoms with Crippen LogP contribution in [0.2, 0.25) is 0 Å². The van der Waals surface area contributed by atoms with Crippen molar-refractivity contribution in [3.8, 4) is 0 Å². The molecule has 2 aliphatic rings. The lowest BCUT2D eigenvalue weighted by Crippen LogP contribution is -2.47. The molecule has 1 aliphatic heterocycles. The van der Waals surface area contributed by atoms with Crippen molar-refractivity contribution in [3.05, 3.63) is 78.1 Å². The van der Waals surface area contributed by atoms with Gasteiger partial charge in [-0.05, 0) is 31.1 Å². The molecule has 7 heteroatoms. The molecule has 0 aromatic heterocycles. The standard InChI is InChI=1S/C25H29NO6/c1-17(2)25(30)32-16-20(28)15-31-21-10-9-19-13-22(18-7-4-3-5-8-18)24(29)26(11-6-12-27)23(19)14-21/h3-5,7-10,13-14,19-20,23,27-28H,1,6,11-12,15-16H2,2H3. The van der Waals surface area contributed by atoms with E-state index in [4.69, 9.17) is 9.47 Å². The van der Waals surface area contributed by atoms with Crippen LogP contribution in [-0.4, -0.2) is 65.5 Å². The average Bonchev–Trinajstić information content (AvgIpc) is 2.80. The second kappa shape index (κ2) is 10.9. The fraction of sp³-hybridized carbons (Fsp3) is 0.360. The number of fused-ring (bicyclic) bond motifs is 1. The third-order valence-corrected chi connectivity index (χ3v) is 5.26. The molecule has 0 saturated heterocycles. The molecule has 3 unspecified atom stereocenters. The van der Waals surface area contributed by atoms with E-state index in [1.165, 1.54) is 6.92 Å². The molecule has 0 radical (unpaired) electrons. The smallest absolute Gasteiger partial charge is 0.333 e. The van der Waals surface area contributed by atoms with Crippen molar-refractivity contribution in [3.63, 3.8) is 0 Å². The highest BCUT2D eigenvalue weighted by molar-refractivity contribution is 6.20. The third kappa shape index (κ3) is 5.75. The summed E-state index contributed by atoms with van der Waals surface area (Å²) in [5.41, 5.74) is 1.76. The predicted octanol–water partition coefficient (Wildman–Crippen LogP) is 2.23. The lowest BCUT2D eigenvalue weighted by Gasteiger charge is -2.39. The van der Waals surface area contributed by atoms with Crippen molar-refractivity contribution >= 4 is 17.4 Å². The fourth-order valence-corrected chi connectivity index (χ4v) is 3.62. The first kappa shape index (κ1) is 23.5. The maximum absolute atomic E-state index is 13.2. The van der Waals surface area contributed by atoms with Gasteiger partial charge in [-0.15, -0.1) is 0 Å². The minimum atomic E-state index is -0.992. The Hall–Kier alpha value is -3.16. The Morgan fingerprint density at radius 2 is 1.97 bits per heavy atom. The van der Waals surface area contributed by atoms with Crippen molar-refractivity contribution in [1.82, 2.24) is 4.90 Å². The van der Waals surface area contributed by atoms with Crippen molar-refractivity contribution in [2.75, 3.05) is 26.4 Å². The highest BCUT2D eigenvalue weighted by atomic mass is 16.5. The van der Waals surface area contributed by atoms with E-state index >= 15 is 0 Å². The van der Waals surface area contributed by atoms with Gasteiger partial charge >= 0.3 is 5.97 Å². The van der Waals surface area contributed by atoms with E-state index in [1.54, 1.807) is 4.90 Å². The van der Waals surface area contributed by atoms with Gasteiger partial charge in [-0.3, -0.25) is 4.79 Å². The Kier molecular flexibility index (Phi) is 8.03. The summed E-state index contributed by atoms with van der Waals surface area (Å²) in [5.74, 6) is -0.168. The van der Waals surface area contributed by atoms with Crippen LogP contribution in [0.15, 0.2) is 72.5 Å². The molecule has 0 saturated carbocycles. The molecule has 0 spiro atoms. The van der Waals surface area contributed by atoms with Crippen LogP contribution in [0.1, 0.15) is 18.9 Å². The van der Waals surface area contributed by atoms with Crippen LogP contribution < -0.4 is 0 Å². The molecule has 1 aliphatic carbocycles. The van der Waals surface area contributed by atoms with Crippen LogP contribution in [-0.2, 0) is 19.1 Å². The maximum atomic E-state index is 13.2. The summed E-state index contributed by atoms with van der Waals surface area (Å²) >= 11 is 0. The molecule has 7 nitrogen and oxygen atoms in total. The van der Waals surface area contributed by atoms with Gasteiger partial charge in [0.05, 0.1) is 6.04 Å². The first-order chi connectivity index (χ1) is 15.4. The summed E-state index contributed by atoms with van der Waals surface area (Å²) in [6, 6.07) is 9.27. The number of hydrogen-bond acceptors (Lipinski definition) is 6. The third-order valence-electron chi connectivity index (χ3n) is 5.26. The summed E-state index contributed by atoms with van der Waals surface area (Å²) in [7, 11) is 0. The molecule has 32 heavy (non-hydrogen) atoms. The van der Waals surface area contributed by atoms with E-state index in [2.05, 4.69) is 6.58 Å². The molecule has 1 aromatic rings. The van der Waals surface area contributed by atoms with Gasteiger partial charge in [-0.1, -0.05) is 49.1 Å². The average molecular weight is 440 g/mol. The second-order valence-electron chi connectivity index (χ2n) is 7.86. The topological polar surface area (TPSA) is 96.3 Å². The van der Waals surface area contributed by atoms with Gasteiger partial charge in [0.15, 0.2) is 0 Å². The highest BCUT2D eigenvalue weighted by Gasteiger charge is 2.36. The van der Waals surface area contributed by atoms with Gasteiger partial charge in [0.2, 0.25) is 0 Å². The number of carbonyl (C=O) groups excluding carboxylic acids is 2. The van der Waals surface area contributed by atoms with E-state index in [0.717, 1.165) is 5.56 Å². The molecule has 1 heterocycles. The summed E-state index contributed by atoms with van der Waals surface area (Å²) in [4.78, 5) is 26.4. The van der Waals surface area contributed by atoms with Gasteiger partial charge in [0, 0.05) is 30.2 Å². The summed E-state index contributed by atoms with van der Waals surface area (Å²) in [5, 5.41) is 19.3. The summed E-state index contributed by atoms with van der Waals surface area (Å²) in [6.45, 7) is 5.17. The van der Waals surface area contributed by atoms with Crippen LogP contribution in [0.25, 0.3) is 5.57 Å². The SMILES string of the molecule is C=C(C)C(=O)OCC(O)COC1=CC2C(C=C1)C=C(c1ccccc1)C(=O)N2CCCO. The van der Waals surface area contributed by atoms with Gasteiger partial charge in [0.25, 0.3) is 5.91 Å². The van der Waals surface area contributed by atoms with E-state index in [1.807, 2.05) is 54.6 Å². The molecule has 1 aromatic carbocycles. The van der Waals surface area contributed by atoms with Crippen molar-refractivity contribution in [1.29, 1.82) is 0 Å². The van der Waals surface area contributed by atoms with Crippen molar-refractivity contribution in [2.24, 2.45) is 5.92 Å². The zero-order valence-electron chi connectivity index (χ0n) is 18.1. The van der Waals surface area contributed by atoms with Gasteiger partial charge in [-0.2, -0.15) is 0 Å². The largest absolute Gasteiger partial charge is 0.491 e. The van der Waals surface area contributed by atoms with Crippen LogP contribution in [0.3, 0.4) is 0 Å². The Morgan fingerprint density at radius 3 is 2.66 bits per heavy atom. The van der Waals surface area contributed by atoms with E-state index in [9.17, 15) is 19.8 Å². The summed E-state index contributed by atoms with van der Waals surface area (Å²) in [6.07, 6.45) is 7.07. The Bertz CT molecular complexity index is 933. The van der Waals surface area contributed by atoms with Gasteiger partial charge in [0.1, 0.15) is 25.1 Å². The molecule has 3 rings (SSSR count). The normalized spacial score (nSPS) is 20.7. The monoisotopic (exact) mass is 439 g/mol. The number of carbonyl (C=O) groups is 2. The first-order valence-corrected chi connectivity index (χ1v) is 10.6. The molecule has 0 fully saturated rings. The van der Waals surface area contributed by atoms with Gasteiger partial charge in [-0.25, -0.2) is 4.79 Å². The molecular weight excluding hydrogens is 410 g/mol. The van der Waals surface area contributed by atoms with Crippen LogP contribution in [0.4, 0.5) is 0 Å². The molecule has 2 N–H and O–H groups in total. The second-order valence-corrected chi connectivity index (χ2v) is 7.86. The van der Waals surface area contributed by atoms with E-state index in [0.29, 0.717) is 24.3 Å². The number of ether oxygens (including phenoxy) is 2. The van der Waals surface area contributed by atoms with Crippen LogP contribution in [0.5, 0.6) is 0 Å². The summed E-state index contributed by atoms with van der Waals surface area (Å²) < 4.78 is 10.6. The molecule has 170 valence electrons. The lowest BCUT2D eigenvalue weighted by atomic mass is 9.85. The number of benzene rings is 1. The van der Waals surface area contributed by atoms with Crippen LogP contribution in [0, 0.1) is 5.92 Å². The quantitative estimate of drug-likeness (QED) is 0.429. The van der Waals surface area contributed by atoms with Crippen molar-refractivity contribution in [2.45, 2.75) is 25.5 Å². The number of amides is 1. The van der Waals surface area contributed by atoms with Gasteiger partial charge < -0.3 is 24.6 Å². The fourth-order valence-electron chi connectivity index (χ4n) is 3.62. The lowest BCUT2D eigenvalue weighted by molar-refractivity contribution is -0.142. The molecular formula is C25H29NO6. The number of allylic oxidation sites excluding steroid dienone is 1. The minimum absolute atomic E-state index is 0.0104. The van der Waals surface area contributed by atoms with Crippen molar-refractivity contribution < 1.29 is 29.3 Å². The highest BCUT2D eigenvalue weighted by Crippen LogP contribution is 2.34. The Balaban J connectivity index is 1.71. The number of aliphatic hydroxyl groups is 2. The molecule has 3 atom stereocenters. The molecule has 0 bridgehead atoms. The number of hydrogen-bond donors (Lipinski definition) is 2. The zero-order chi connectivity index (χ0) is 23.1. The Morgan fingerprint density at radius 1 is 1.22 bits per heavy atom. The van der Waals surface area contributed by atoms with Crippen LogP contribution >= 0.6 is 0 Å². The minimum Gasteiger partial charge on any atom is -0.491 e.